The Morgan fingerprint density at radius 1 is 1.12 bits per heavy atom. The molecule has 3 rings (SSSR count). The van der Waals surface area contributed by atoms with Crippen molar-refractivity contribution in [3.63, 3.8) is 0 Å². The highest BCUT2D eigenvalue weighted by Gasteiger charge is 2.29. The molecule has 0 fully saturated rings. The molecule has 4 heteroatoms. The summed E-state index contributed by atoms with van der Waals surface area (Å²) in [5.41, 5.74) is 4.83. The highest BCUT2D eigenvalue weighted by molar-refractivity contribution is 5.79. The molecule has 0 bridgehead atoms. The third-order valence-corrected chi connectivity index (χ3v) is 4.62. The first-order valence-corrected chi connectivity index (χ1v) is 8.67. The van der Waals surface area contributed by atoms with Crippen LogP contribution in [-0.2, 0) is 9.53 Å². The van der Waals surface area contributed by atoms with Gasteiger partial charge in [-0.05, 0) is 42.0 Å². The van der Waals surface area contributed by atoms with Crippen molar-refractivity contribution >= 4 is 12.4 Å². The number of alkyl carbamates (subject to hydrolysis) is 1. The van der Waals surface area contributed by atoms with E-state index in [4.69, 9.17) is 4.74 Å². The summed E-state index contributed by atoms with van der Waals surface area (Å²) in [6.45, 7) is 2.22. The van der Waals surface area contributed by atoms with E-state index in [-0.39, 0.29) is 12.0 Å². The van der Waals surface area contributed by atoms with Crippen molar-refractivity contribution in [3.05, 3.63) is 59.7 Å². The van der Waals surface area contributed by atoms with Crippen LogP contribution in [0.4, 0.5) is 4.79 Å². The van der Waals surface area contributed by atoms with E-state index in [1.807, 2.05) is 37.5 Å². The van der Waals surface area contributed by atoms with Gasteiger partial charge < -0.3 is 10.1 Å². The third-order valence-electron chi connectivity index (χ3n) is 4.62. The van der Waals surface area contributed by atoms with Crippen LogP contribution in [0.1, 0.15) is 43.2 Å². The van der Waals surface area contributed by atoms with Crippen LogP contribution in [0.3, 0.4) is 0 Å². The first kappa shape index (κ1) is 17.2. The smallest absolute Gasteiger partial charge is 0.407 e. The maximum absolute atomic E-state index is 12.1. The SMILES string of the molecule is CC(CCC[C]=O)NC(=O)OCC1c2ccccc2-c2ccccc21. The zero-order valence-electron chi connectivity index (χ0n) is 14.3. The molecular formula is C21H22NO3. The van der Waals surface area contributed by atoms with E-state index in [0.29, 0.717) is 19.4 Å². The average Bonchev–Trinajstić information content (AvgIpc) is 2.94. The number of hydrogen-bond acceptors (Lipinski definition) is 3. The lowest BCUT2D eigenvalue weighted by Crippen LogP contribution is -2.33. The van der Waals surface area contributed by atoms with Gasteiger partial charge in [0.2, 0.25) is 0 Å². The van der Waals surface area contributed by atoms with E-state index in [1.165, 1.54) is 22.3 Å². The van der Waals surface area contributed by atoms with Gasteiger partial charge in [0.15, 0.2) is 6.29 Å². The standard InChI is InChI=1S/C21H22NO3/c1-15(8-6-7-13-23)22-21(24)25-14-20-18-11-4-2-9-16(18)17-10-3-5-12-19(17)20/h2-5,9-12,15,20H,6-8,14H2,1H3,(H,22,24). The zero-order chi connectivity index (χ0) is 17.6. The largest absolute Gasteiger partial charge is 0.449 e. The van der Waals surface area contributed by atoms with Crippen molar-refractivity contribution in [1.82, 2.24) is 5.32 Å². The van der Waals surface area contributed by atoms with E-state index in [1.54, 1.807) is 0 Å². The van der Waals surface area contributed by atoms with E-state index in [9.17, 15) is 9.59 Å². The lowest BCUT2D eigenvalue weighted by Gasteiger charge is -2.17. The summed E-state index contributed by atoms with van der Waals surface area (Å²) in [5.74, 6) is 0.0677. The summed E-state index contributed by atoms with van der Waals surface area (Å²) in [6.07, 6.45) is 3.30. The number of unbranched alkanes of at least 4 members (excludes halogenated alkanes) is 1. The van der Waals surface area contributed by atoms with Crippen molar-refractivity contribution in [2.75, 3.05) is 6.61 Å². The number of fused-ring (bicyclic) bond motifs is 3. The maximum atomic E-state index is 12.1. The second-order valence-corrected chi connectivity index (χ2v) is 6.41. The molecule has 1 aliphatic carbocycles. The molecule has 1 radical (unpaired) electrons. The predicted molar refractivity (Wildman–Crippen MR) is 97.2 cm³/mol. The summed E-state index contributed by atoms with van der Waals surface area (Å²) in [5, 5.41) is 2.82. The number of rotatable bonds is 7. The van der Waals surface area contributed by atoms with Gasteiger partial charge in [-0.25, -0.2) is 4.79 Å². The van der Waals surface area contributed by atoms with Crippen LogP contribution >= 0.6 is 0 Å². The first-order valence-electron chi connectivity index (χ1n) is 8.67. The van der Waals surface area contributed by atoms with E-state index in [2.05, 4.69) is 29.6 Å². The van der Waals surface area contributed by atoms with Gasteiger partial charge >= 0.3 is 6.09 Å². The lowest BCUT2D eigenvalue weighted by molar-refractivity contribution is 0.139. The van der Waals surface area contributed by atoms with Crippen molar-refractivity contribution in [1.29, 1.82) is 0 Å². The normalized spacial score (nSPS) is 13.6. The molecule has 0 heterocycles. The van der Waals surface area contributed by atoms with Crippen molar-refractivity contribution in [3.8, 4) is 11.1 Å². The minimum Gasteiger partial charge on any atom is -0.449 e. The lowest BCUT2D eigenvalue weighted by atomic mass is 9.98. The summed E-state index contributed by atoms with van der Waals surface area (Å²) in [7, 11) is 0. The molecule has 4 nitrogen and oxygen atoms in total. The molecule has 1 aliphatic rings. The monoisotopic (exact) mass is 336 g/mol. The van der Waals surface area contributed by atoms with Crippen LogP contribution in [0.15, 0.2) is 48.5 Å². The van der Waals surface area contributed by atoms with Gasteiger partial charge in [-0.1, -0.05) is 48.5 Å². The van der Waals surface area contributed by atoms with E-state index < -0.39 is 6.09 Å². The molecule has 1 unspecified atom stereocenters. The van der Waals surface area contributed by atoms with Gasteiger partial charge in [-0.2, -0.15) is 0 Å². The van der Waals surface area contributed by atoms with Crippen LogP contribution < -0.4 is 5.32 Å². The van der Waals surface area contributed by atoms with Crippen LogP contribution in [-0.4, -0.2) is 25.0 Å². The fourth-order valence-electron chi connectivity index (χ4n) is 3.39. The fraction of sp³-hybridized carbons (Fsp3) is 0.333. The quantitative estimate of drug-likeness (QED) is 0.771. The summed E-state index contributed by atoms with van der Waals surface area (Å²) >= 11 is 0. The first-order chi connectivity index (χ1) is 12.2. The Balaban J connectivity index is 1.62. The van der Waals surface area contributed by atoms with Crippen LogP contribution in [0.25, 0.3) is 11.1 Å². The molecule has 0 saturated heterocycles. The van der Waals surface area contributed by atoms with Gasteiger partial charge in [-0.3, -0.25) is 4.79 Å². The Hall–Kier alpha value is -2.62. The molecule has 0 spiro atoms. The molecule has 2 aromatic rings. The second kappa shape index (κ2) is 7.97. The van der Waals surface area contributed by atoms with Crippen molar-refractivity contribution in [2.24, 2.45) is 0 Å². The molecule has 0 aliphatic heterocycles. The molecule has 1 N–H and O–H groups in total. The number of carbonyl (C=O) groups is 1. The maximum Gasteiger partial charge on any atom is 0.407 e. The Kier molecular flexibility index (Phi) is 5.49. The highest BCUT2D eigenvalue weighted by Crippen LogP contribution is 2.44. The van der Waals surface area contributed by atoms with Gasteiger partial charge in [0, 0.05) is 18.4 Å². The molecule has 129 valence electrons. The minimum absolute atomic E-state index is 0.0241. The van der Waals surface area contributed by atoms with Gasteiger partial charge in [-0.15, -0.1) is 0 Å². The van der Waals surface area contributed by atoms with Gasteiger partial charge in [0.05, 0.1) is 0 Å². The number of amides is 1. The average molecular weight is 336 g/mol. The Bertz CT molecular complexity index is 711. The molecular weight excluding hydrogens is 314 g/mol. The predicted octanol–water partition coefficient (Wildman–Crippen LogP) is 4.19. The zero-order valence-corrected chi connectivity index (χ0v) is 14.3. The van der Waals surface area contributed by atoms with Crippen molar-refractivity contribution < 1.29 is 14.3 Å². The van der Waals surface area contributed by atoms with Crippen LogP contribution in [0.2, 0.25) is 0 Å². The molecule has 25 heavy (non-hydrogen) atoms. The number of ether oxygens (including phenoxy) is 1. The van der Waals surface area contributed by atoms with Gasteiger partial charge in [0.25, 0.3) is 0 Å². The Labute approximate surface area is 148 Å². The fourth-order valence-corrected chi connectivity index (χ4v) is 3.39. The summed E-state index contributed by atoms with van der Waals surface area (Å²) < 4.78 is 5.49. The number of benzene rings is 2. The topological polar surface area (TPSA) is 55.4 Å². The molecule has 0 saturated carbocycles. The molecule has 1 amide bonds. The molecule has 1 atom stereocenters. The molecule has 2 aromatic carbocycles. The summed E-state index contributed by atoms with van der Waals surface area (Å²) in [6, 6.07) is 16.5. The van der Waals surface area contributed by atoms with Crippen LogP contribution in [0.5, 0.6) is 0 Å². The number of hydrogen-bond donors (Lipinski definition) is 1. The number of carbonyl (C=O) groups excluding carboxylic acids is 2. The van der Waals surface area contributed by atoms with E-state index >= 15 is 0 Å². The Morgan fingerprint density at radius 3 is 2.32 bits per heavy atom. The number of nitrogens with one attached hydrogen (secondary N) is 1. The minimum atomic E-state index is -0.413. The van der Waals surface area contributed by atoms with E-state index in [0.717, 1.165) is 6.42 Å². The Morgan fingerprint density at radius 2 is 1.72 bits per heavy atom. The summed E-state index contributed by atoms with van der Waals surface area (Å²) in [4.78, 5) is 22.3. The second-order valence-electron chi connectivity index (χ2n) is 6.41. The molecule has 0 aromatic heterocycles. The van der Waals surface area contributed by atoms with Gasteiger partial charge in [0.1, 0.15) is 6.61 Å². The van der Waals surface area contributed by atoms with Crippen molar-refractivity contribution in [2.45, 2.75) is 38.1 Å². The van der Waals surface area contributed by atoms with Crippen LogP contribution in [0, 0.1) is 0 Å². The highest BCUT2D eigenvalue weighted by atomic mass is 16.5. The third kappa shape index (κ3) is 3.90.